The number of hydrogen-bond donors (Lipinski definition) is 4. The number of carbonyl (C=O) groups is 4. The number of carboxylic acids is 4. The SMILES string of the molecule is C[n+]1cccc2c1N=C(C=C1N=C3N4C(=N1)[n+]1ccc(CN(CC(=O)O)CC(=O)O)n1C4n1c(CN(CC(=O)O)CC(=O)O)cc[n+]13)C2(C)C. The van der Waals surface area contributed by atoms with E-state index < -0.39 is 61.8 Å². The van der Waals surface area contributed by atoms with Crippen molar-refractivity contribution in [2.24, 2.45) is 22.0 Å². The van der Waals surface area contributed by atoms with Gasteiger partial charge in [0.15, 0.2) is 5.71 Å². The summed E-state index contributed by atoms with van der Waals surface area (Å²) in [4.78, 5) is 65.7. The molecule has 19 nitrogen and oxygen atoms in total. The van der Waals surface area contributed by atoms with Gasteiger partial charge in [-0.05, 0) is 53.1 Å². The van der Waals surface area contributed by atoms with E-state index in [1.54, 1.807) is 33.9 Å². The zero-order chi connectivity index (χ0) is 35.6. The van der Waals surface area contributed by atoms with Gasteiger partial charge in [0.25, 0.3) is 6.29 Å². The summed E-state index contributed by atoms with van der Waals surface area (Å²) < 4.78 is 9.13. The Kier molecular flexibility index (Phi) is 7.67. The fourth-order valence-electron chi connectivity index (χ4n) is 6.84. The molecule has 258 valence electrons. The van der Waals surface area contributed by atoms with Crippen LogP contribution in [0.25, 0.3) is 0 Å². The molecule has 50 heavy (non-hydrogen) atoms. The van der Waals surface area contributed by atoms with Crippen LogP contribution in [0.5, 0.6) is 0 Å². The molecule has 3 aromatic heterocycles. The lowest BCUT2D eigenvalue weighted by molar-refractivity contribution is -0.674. The van der Waals surface area contributed by atoms with Crippen LogP contribution in [-0.2, 0) is 44.7 Å². The molecule has 0 unspecified atom stereocenters. The van der Waals surface area contributed by atoms with Crippen LogP contribution in [0.3, 0.4) is 0 Å². The largest absolute Gasteiger partial charge is 0.480 e. The van der Waals surface area contributed by atoms with Gasteiger partial charge in [0.1, 0.15) is 0 Å². The van der Waals surface area contributed by atoms with Gasteiger partial charge < -0.3 is 20.4 Å². The quantitative estimate of drug-likeness (QED) is 0.148. The fourth-order valence-corrected chi connectivity index (χ4v) is 6.84. The smallest absolute Gasteiger partial charge is 0.433 e. The second kappa shape index (κ2) is 11.8. The maximum atomic E-state index is 11.6. The van der Waals surface area contributed by atoms with E-state index in [2.05, 4.69) is 13.8 Å². The Hall–Kier alpha value is -6.08. The maximum absolute atomic E-state index is 11.6. The van der Waals surface area contributed by atoms with Crippen LogP contribution >= 0.6 is 0 Å². The molecule has 7 heterocycles. The van der Waals surface area contributed by atoms with Gasteiger partial charge >= 0.3 is 47.4 Å². The number of fused-ring (bicyclic) bond motifs is 7. The first kappa shape index (κ1) is 32.5. The van der Waals surface area contributed by atoms with Gasteiger partial charge in [-0.2, -0.15) is 9.36 Å². The molecule has 4 aliphatic rings. The third kappa shape index (κ3) is 5.41. The predicted octanol–water partition coefficient (Wildman–Crippen LogP) is -1.71. The molecule has 0 bridgehead atoms. The van der Waals surface area contributed by atoms with Crippen molar-refractivity contribution in [3.05, 3.63) is 71.7 Å². The van der Waals surface area contributed by atoms with Crippen molar-refractivity contribution >= 4 is 47.3 Å². The minimum Gasteiger partial charge on any atom is -0.480 e. The summed E-state index contributed by atoms with van der Waals surface area (Å²) in [5, 5.41) is 38.0. The minimum atomic E-state index is -1.19. The Morgan fingerprint density at radius 2 is 1.26 bits per heavy atom. The normalized spacial score (nSPS) is 16.5. The second-order valence-electron chi connectivity index (χ2n) is 12.9. The van der Waals surface area contributed by atoms with Crippen molar-refractivity contribution in [2.45, 2.75) is 38.6 Å². The molecule has 0 aliphatic carbocycles. The van der Waals surface area contributed by atoms with E-state index in [1.807, 2.05) is 50.3 Å². The zero-order valence-corrected chi connectivity index (χ0v) is 27.3. The van der Waals surface area contributed by atoms with Gasteiger partial charge in [0.2, 0.25) is 0 Å². The highest BCUT2D eigenvalue weighted by Crippen LogP contribution is 2.39. The molecule has 3 aromatic rings. The number of allylic oxidation sites excluding steroid dienone is 1. The average Bonchev–Trinajstić information content (AvgIpc) is 3.79. The zero-order valence-electron chi connectivity index (χ0n) is 27.3. The molecule has 19 heteroatoms. The van der Waals surface area contributed by atoms with Gasteiger partial charge in [-0.25, -0.2) is 4.57 Å². The Morgan fingerprint density at radius 3 is 1.70 bits per heavy atom. The van der Waals surface area contributed by atoms with E-state index in [0.29, 0.717) is 29.1 Å². The lowest BCUT2D eigenvalue weighted by Crippen LogP contribution is -2.58. The third-order valence-electron chi connectivity index (χ3n) is 8.97. The molecule has 0 fully saturated rings. The summed E-state index contributed by atoms with van der Waals surface area (Å²) in [6.07, 6.45) is 6.52. The van der Waals surface area contributed by atoms with Gasteiger partial charge in [0, 0.05) is 13.1 Å². The van der Waals surface area contributed by atoms with E-state index in [0.717, 1.165) is 17.1 Å². The maximum Gasteiger partial charge on any atom is 0.433 e. The number of pyridine rings is 1. The van der Waals surface area contributed by atoms with Crippen LogP contribution in [0.4, 0.5) is 5.82 Å². The van der Waals surface area contributed by atoms with E-state index in [4.69, 9.17) is 15.0 Å². The molecule has 4 N–H and O–H groups in total. The molecule has 0 atom stereocenters. The molecular formula is C31H34N11O8+3. The first-order chi connectivity index (χ1) is 23.7. The number of rotatable bonds is 13. The van der Waals surface area contributed by atoms with Gasteiger partial charge in [-0.1, -0.05) is 0 Å². The summed E-state index contributed by atoms with van der Waals surface area (Å²) >= 11 is 0. The van der Waals surface area contributed by atoms with Crippen LogP contribution < -0.4 is 13.9 Å². The molecule has 0 amide bonds. The first-order valence-electron chi connectivity index (χ1n) is 15.6. The molecule has 7 rings (SSSR count). The summed E-state index contributed by atoms with van der Waals surface area (Å²) in [5.74, 6) is -2.65. The lowest BCUT2D eigenvalue weighted by atomic mass is 9.82. The van der Waals surface area contributed by atoms with E-state index in [-0.39, 0.29) is 13.1 Å². The standard InChI is InChI=1S/C31H31N11O8/c1-31(2)20-5-4-8-35(3)27(20)32-21(31)11-22-33-28-38-9-6-18(12-36(14-23(43)44)15-24(45)46)41(38)30-40(28)29(34-22)39-10-7-19(42(30)39)13-37(16-25(47)48)17-26(49)50/h4-11,30H,12-17H2,1-3H3,(H-3,43,44,45,46,47,48,49,50)/p+3. The number of aromatic nitrogens is 5. The number of carboxylic acid groups (broad SMARTS) is 4. The van der Waals surface area contributed by atoms with Crippen molar-refractivity contribution in [2.75, 3.05) is 26.2 Å². The van der Waals surface area contributed by atoms with Crippen LogP contribution in [0.2, 0.25) is 0 Å². The number of nitrogens with zero attached hydrogens (tertiary/aromatic N) is 11. The molecule has 0 spiro atoms. The van der Waals surface area contributed by atoms with Crippen LogP contribution in [0.1, 0.15) is 37.1 Å². The number of aryl methyl sites for hydroxylation is 1. The van der Waals surface area contributed by atoms with Crippen molar-refractivity contribution in [1.82, 2.24) is 24.1 Å². The van der Waals surface area contributed by atoms with Gasteiger partial charge in [-0.3, -0.25) is 29.0 Å². The van der Waals surface area contributed by atoms with E-state index in [1.165, 1.54) is 9.80 Å². The number of hydrogen-bond acceptors (Lipinski definition) is 10. The van der Waals surface area contributed by atoms with E-state index in [9.17, 15) is 39.6 Å². The highest BCUT2D eigenvalue weighted by molar-refractivity contribution is 6.08. The summed E-state index contributed by atoms with van der Waals surface area (Å²) in [7, 11) is 1.93. The summed E-state index contributed by atoms with van der Waals surface area (Å²) in [5.41, 5.74) is 2.46. The molecule has 0 aromatic carbocycles. The second-order valence-corrected chi connectivity index (χ2v) is 12.9. The summed E-state index contributed by atoms with van der Waals surface area (Å²) in [6.45, 7) is 2.00. The van der Waals surface area contributed by atoms with Crippen molar-refractivity contribution in [3.8, 4) is 0 Å². The minimum absolute atomic E-state index is 0.0422. The van der Waals surface area contributed by atoms with Crippen LogP contribution in [-0.4, -0.2) is 112 Å². The number of aliphatic imine (C=N–C) groups is 3. The van der Waals surface area contributed by atoms with Gasteiger partial charge in [-0.15, -0.1) is 14.3 Å². The summed E-state index contributed by atoms with van der Waals surface area (Å²) in [6, 6.07) is 7.50. The molecule has 0 saturated carbocycles. The fraction of sp³-hybridized carbons (Fsp3) is 0.355. The number of aliphatic carboxylic acids is 4. The lowest BCUT2D eigenvalue weighted by Gasteiger charge is -2.21. The highest BCUT2D eigenvalue weighted by Gasteiger charge is 2.60. The van der Waals surface area contributed by atoms with Crippen LogP contribution in [0, 0.1) is 0 Å². The van der Waals surface area contributed by atoms with Crippen LogP contribution in [0.15, 0.2) is 69.7 Å². The molecule has 0 saturated heterocycles. The Labute approximate surface area is 283 Å². The molecule has 4 aliphatic heterocycles. The third-order valence-corrected chi connectivity index (χ3v) is 8.97. The Bertz CT molecular complexity index is 1990. The Morgan fingerprint density at radius 1 is 0.780 bits per heavy atom. The molecular weight excluding hydrogens is 654 g/mol. The van der Waals surface area contributed by atoms with Gasteiger partial charge in [0.05, 0.1) is 80.3 Å². The predicted molar refractivity (Wildman–Crippen MR) is 168 cm³/mol. The average molecular weight is 689 g/mol. The molecule has 0 radical (unpaired) electrons. The van der Waals surface area contributed by atoms with E-state index >= 15 is 0 Å². The first-order valence-corrected chi connectivity index (χ1v) is 15.6. The Balaban J connectivity index is 1.36. The monoisotopic (exact) mass is 688 g/mol. The topological polar surface area (TPSA) is 217 Å². The van der Waals surface area contributed by atoms with Crippen molar-refractivity contribution in [1.29, 1.82) is 0 Å². The van der Waals surface area contributed by atoms with Crippen molar-refractivity contribution in [3.63, 3.8) is 0 Å². The van der Waals surface area contributed by atoms with Crippen molar-refractivity contribution < 1.29 is 53.5 Å². The highest BCUT2D eigenvalue weighted by atomic mass is 16.4.